The van der Waals surface area contributed by atoms with Crippen LogP contribution in [0.15, 0.2) is 30.3 Å². The lowest BCUT2D eigenvalue weighted by Gasteiger charge is -2.24. The Morgan fingerprint density at radius 3 is 2.17 bits per heavy atom. The number of hydrogen-bond donors (Lipinski definition) is 0. The van der Waals surface area contributed by atoms with Crippen molar-refractivity contribution < 1.29 is 9.53 Å². The van der Waals surface area contributed by atoms with Crippen LogP contribution in [0, 0.1) is 5.92 Å². The van der Waals surface area contributed by atoms with Crippen molar-refractivity contribution in [3.63, 3.8) is 0 Å². The van der Waals surface area contributed by atoms with Crippen LogP contribution in [0.25, 0.3) is 0 Å². The van der Waals surface area contributed by atoms with E-state index in [0.29, 0.717) is 0 Å². The Balaban J connectivity index is 2.61. The van der Waals surface area contributed by atoms with Gasteiger partial charge in [0.2, 0.25) is 0 Å². The van der Waals surface area contributed by atoms with Crippen molar-refractivity contribution in [2.45, 2.75) is 91.1 Å². The number of unbranched alkanes of at least 4 members (excludes halogenated alkanes) is 4. The van der Waals surface area contributed by atoms with Crippen LogP contribution in [0.1, 0.15) is 90.5 Å². The molecule has 0 radical (unpaired) electrons. The van der Waals surface area contributed by atoms with Crippen LogP contribution in [0.5, 0.6) is 0 Å². The molecular formula is C22H36O2. The van der Waals surface area contributed by atoms with E-state index >= 15 is 0 Å². The first-order valence-corrected chi connectivity index (χ1v) is 9.85. The van der Waals surface area contributed by atoms with Crippen LogP contribution in [0.4, 0.5) is 0 Å². The minimum Gasteiger partial charge on any atom is -0.462 e. The summed E-state index contributed by atoms with van der Waals surface area (Å²) in [6.45, 7) is 8.59. The fourth-order valence-electron chi connectivity index (χ4n) is 3.25. The monoisotopic (exact) mass is 332 g/mol. The Hall–Kier alpha value is -1.31. The van der Waals surface area contributed by atoms with E-state index in [0.717, 1.165) is 31.2 Å². The van der Waals surface area contributed by atoms with Gasteiger partial charge >= 0.3 is 5.97 Å². The zero-order chi connectivity index (χ0) is 17.8. The van der Waals surface area contributed by atoms with Crippen LogP contribution in [-0.4, -0.2) is 12.1 Å². The van der Waals surface area contributed by atoms with Gasteiger partial charge in [0, 0.05) is 0 Å². The number of carbonyl (C=O) groups excluding carboxylic acids is 1. The first-order chi connectivity index (χ1) is 11.6. The Labute approximate surface area is 149 Å². The molecule has 0 aliphatic carbocycles. The summed E-state index contributed by atoms with van der Waals surface area (Å²) >= 11 is 0. The van der Waals surface area contributed by atoms with Crippen molar-refractivity contribution in [2.75, 3.05) is 0 Å². The third kappa shape index (κ3) is 7.51. The quantitative estimate of drug-likeness (QED) is 0.322. The molecule has 0 bridgehead atoms. The predicted octanol–water partition coefficient (Wildman–Crippen LogP) is 6.50. The Morgan fingerprint density at radius 2 is 1.58 bits per heavy atom. The maximum Gasteiger partial charge on any atom is 0.313 e. The highest BCUT2D eigenvalue weighted by atomic mass is 16.5. The fraction of sp³-hybridized carbons (Fsp3) is 0.682. The topological polar surface area (TPSA) is 26.3 Å². The van der Waals surface area contributed by atoms with Crippen molar-refractivity contribution >= 4 is 5.97 Å². The maximum absolute atomic E-state index is 12.8. The van der Waals surface area contributed by atoms with E-state index in [1.165, 1.54) is 25.7 Å². The normalized spacial score (nSPS) is 13.7. The van der Waals surface area contributed by atoms with Gasteiger partial charge in [-0.1, -0.05) is 90.1 Å². The molecule has 24 heavy (non-hydrogen) atoms. The van der Waals surface area contributed by atoms with E-state index in [4.69, 9.17) is 4.74 Å². The van der Waals surface area contributed by atoms with Gasteiger partial charge in [0.05, 0.1) is 5.92 Å². The predicted molar refractivity (Wildman–Crippen MR) is 102 cm³/mol. The average molecular weight is 333 g/mol. The lowest BCUT2D eigenvalue weighted by molar-refractivity contribution is -0.152. The molecular weight excluding hydrogens is 296 g/mol. The Bertz CT molecular complexity index is 439. The van der Waals surface area contributed by atoms with Crippen molar-refractivity contribution in [2.24, 2.45) is 5.92 Å². The molecule has 0 spiro atoms. The molecule has 2 nitrogen and oxygen atoms in total. The first kappa shape index (κ1) is 20.7. The number of hydrogen-bond acceptors (Lipinski definition) is 2. The van der Waals surface area contributed by atoms with E-state index in [1.807, 2.05) is 30.3 Å². The summed E-state index contributed by atoms with van der Waals surface area (Å²) < 4.78 is 5.94. The lowest BCUT2D eigenvalue weighted by atomic mass is 9.88. The van der Waals surface area contributed by atoms with Gasteiger partial charge in [0.1, 0.15) is 6.10 Å². The zero-order valence-corrected chi connectivity index (χ0v) is 16.1. The van der Waals surface area contributed by atoms with Crippen LogP contribution >= 0.6 is 0 Å². The summed E-state index contributed by atoms with van der Waals surface area (Å²) in [6.07, 6.45) is 9.39. The van der Waals surface area contributed by atoms with Gasteiger partial charge in [-0.15, -0.1) is 0 Å². The minimum absolute atomic E-state index is 0.0526. The van der Waals surface area contributed by atoms with Crippen molar-refractivity contribution in [3.05, 3.63) is 35.9 Å². The Morgan fingerprint density at radius 1 is 0.917 bits per heavy atom. The molecule has 0 aliphatic rings. The maximum atomic E-state index is 12.8. The molecule has 2 unspecified atom stereocenters. The summed E-state index contributed by atoms with van der Waals surface area (Å²) in [4.78, 5) is 12.8. The molecule has 0 saturated carbocycles. The number of rotatable bonds is 12. The molecule has 0 aromatic heterocycles. The van der Waals surface area contributed by atoms with Gasteiger partial charge in [0.15, 0.2) is 0 Å². The third-order valence-electron chi connectivity index (χ3n) is 4.60. The summed E-state index contributed by atoms with van der Waals surface area (Å²) in [5, 5.41) is 0. The fourth-order valence-corrected chi connectivity index (χ4v) is 3.25. The van der Waals surface area contributed by atoms with Gasteiger partial charge in [-0.2, -0.15) is 0 Å². The molecule has 1 aromatic carbocycles. The molecule has 0 amide bonds. The smallest absolute Gasteiger partial charge is 0.313 e. The molecule has 0 fully saturated rings. The van der Waals surface area contributed by atoms with E-state index < -0.39 is 0 Å². The molecule has 0 aliphatic heterocycles. The van der Waals surface area contributed by atoms with E-state index in [9.17, 15) is 4.79 Å². The molecule has 2 heteroatoms. The van der Waals surface area contributed by atoms with Crippen molar-refractivity contribution in [1.29, 1.82) is 0 Å². The van der Waals surface area contributed by atoms with Gasteiger partial charge in [-0.05, 0) is 30.7 Å². The van der Waals surface area contributed by atoms with E-state index in [1.54, 1.807) is 0 Å². The van der Waals surface area contributed by atoms with E-state index in [-0.39, 0.29) is 23.9 Å². The standard InChI is InChI=1S/C22H36O2/c1-5-7-8-9-13-17-20(14-6-2)24-22(23)21(18(3)4)19-15-11-10-12-16-19/h10-12,15-16,18,20-21H,5-9,13-14,17H2,1-4H3. The Kier molecular flexibility index (Phi) is 10.5. The van der Waals surface area contributed by atoms with Crippen molar-refractivity contribution in [3.8, 4) is 0 Å². The largest absolute Gasteiger partial charge is 0.462 e. The second kappa shape index (κ2) is 12.1. The van der Waals surface area contributed by atoms with Crippen LogP contribution in [0.2, 0.25) is 0 Å². The van der Waals surface area contributed by atoms with Crippen molar-refractivity contribution in [1.82, 2.24) is 0 Å². The molecule has 1 rings (SSSR count). The third-order valence-corrected chi connectivity index (χ3v) is 4.60. The summed E-state index contributed by atoms with van der Waals surface area (Å²) in [7, 11) is 0. The molecule has 0 heterocycles. The number of carbonyl (C=O) groups is 1. The number of ether oxygens (including phenoxy) is 1. The van der Waals surface area contributed by atoms with E-state index in [2.05, 4.69) is 27.7 Å². The van der Waals surface area contributed by atoms with Crippen LogP contribution in [-0.2, 0) is 9.53 Å². The number of benzene rings is 1. The van der Waals surface area contributed by atoms with Gasteiger partial charge in [0.25, 0.3) is 0 Å². The molecule has 0 saturated heterocycles. The summed E-state index contributed by atoms with van der Waals surface area (Å²) in [6, 6.07) is 10.0. The lowest BCUT2D eigenvalue weighted by Crippen LogP contribution is -2.26. The molecule has 136 valence electrons. The zero-order valence-electron chi connectivity index (χ0n) is 16.1. The highest BCUT2D eigenvalue weighted by molar-refractivity contribution is 5.78. The highest BCUT2D eigenvalue weighted by Crippen LogP contribution is 2.27. The molecule has 0 N–H and O–H groups in total. The second-order valence-corrected chi connectivity index (χ2v) is 7.18. The summed E-state index contributed by atoms with van der Waals surface area (Å²) in [5.74, 6) is 0.0283. The van der Waals surface area contributed by atoms with Crippen LogP contribution in [0.3, 0.4) is 0 Å². The SMILES string of the molecule is CCCCCCCC(CCC)OC(=O)C(c1ccccc1)C(C)C. The van der Waals surface area contributed by atoms with Gasteiger partial charge in [-0.25, -0.2) is 0 Å². The van der Waals surface area contributed by atoms with Gasteiger partial charge in [-0.3, -0.25) is 4.79 Å². The highest BCUT2D eigenvalue weighted by Gasteiger charge is 2.27. The van der Waals surface area contributed by atoms with Gasteiger partial charge < -0.3 is 4.74 Å². The number of esters is 1. The average Bonchev–Trinajstić information content (AvgIpc) is 2.55. The summed E-state index contributed by atoms with van der Waals surface area (Å²) in [5.41, 5.74) is 1.07. The second-order valence-electron chi connectivity index (χ2n) is 7.18. The minimum atomic E-state index is -0.161. The molecule has 1 aromatic rings. The first-order valence-electron chi connectivity index (χ1n) is 9.85. The van der Waals surface area contributed by atoms with Crippen LogP contribution < -0.4 is 0 Å². The molecule has 2 atom stereocenters.